The number of carbonyl (C=O) groups excluding carboxylic acids is 2. The van der Waals surface area contributed by atoms with Crippen LogP contribution in [0.25, 0.3) is 0 Å². The number of halogens is 1. The van der Waals surface area contributed by atoms with Gasteiger partial charge in [-0.3, -0.25) is 19.8 Å². The van der Waals surface area contributed by atoms with Crippen LogP contribution in [0.3, 0.4) is 0 Å². The Balaban J connectivity index is 2.13. The van der Waals surface area contributed by atoms with Crippen molar-refractivity contribution in [2.45, 2.75) is 31.9 Å². The number of methoxy groups -OCH3 is 1. The van der Waals surface area contributed by atoms with Crippen molar-refractivity contribution in [1.82, 2.24) is 4.90 Å². The summed E-state index contributed by atoms with van der Waals surface area (Å²) in [4.78, 5) is 35.5. The van der Waals surface area contributed by atoms with Gasteiger partial charge in [-0.1, -0.05) is 18.5 Å². The lowest BCUT2D eigenvalue weighted by Gasteiger charge is -2.37. The SMILES string of the molecule is CC/C(OC)=C(/C(=O)OCc1ccc([N+](=O)[O-])cc1)N1C(=O)CC1Cl. The van der Waals surface area contributed by atoms with Gasteiger partial charge in [0.2, 0.25) is 5.91 Å². The number of hydrogen-bond acceptors (Lipinski definition) is 6. The zero-order valence-electron chi connectivity index (χ0n) is 13.7. The van der Waals surface area contributed by atoms with E-state index in [1.54, 1.807) is 6.92 Å². The van der Waals surface area contributed by atoms with Crippen molar-refractivity contribution >= 4 is 29.2 Å². The standard InChI is InChI=1S/C16H17ClN2O6/c1-3-12(24-2)15(18-13(17)8-14(18)20)16(21)25-9-10-4-6-11(7-5-10)19(22)23/h4-7,13H,3,8-9H2,1-2H3/b15-12+. The lowest BCUT2D eigenvalue weighted by atomic mass is 10.1. The van der Waals surface area contributed by atoms with Crippen LogP contribution < -0.4 is 0 Å². The average Bonchev–Trinajstić information content (AvgIpc) is 2.60. The zero-order chi connectivity index (χ0) is 18.6. The van der Waals surface area contributed by atoms with E-state index in [1.165, 1.54) is 31.4 Å². The molecular formula is C16H17ClN2O6. The Morgan fingerprint density at radius 2 is 2.04 bits per heavy atom. The number of nitro benzene ring substituents is 1. The number of alkyl halides is 1. The molecule has 9 heteroatoms. The van der Waals surface area contributed by atoms with Crippen LogP contribution in [0.2, 0.25) is 0 Å². The first-order chi connectivity index (χ1) is 11.9. The number of ether oxygens (including phenoxy) is 2. The van der Waals surface area contributed by atoms with Crippen molar-refractivity contribution in [3.63, 3.8) is 0 Å². The number of esters is 1. The van der Waals surface area contributed by atoms with Gasteiger partial charge in [0.15, 0.2) is 5.70 Å². The number of β-lactam (4-membered cyclic amide) rings is 1. The number of nitro groups is 1. The van der Waals surface area contributed by atoms with Crippen molar-refractivity contribution in [2.75, 3.05) is 7.11 Å². The van der Waals surface area contributed by atoms with Gasteiger partial charge in [0, 0.05) is 18.6 Å². The molecule has 134 valence electrons. The summed E-state index contributed by atoms with van der Waals surface area (Å²) in [6.07, 6.45) is 0.521. The number of allylic oxidation sites excluding steroid dienone is 1. The normalized spacial score (nSPS) is 17.5. The number of amides is 1. The van der Waals surface area contributed by atoms with Crippen LogP contribution in [-0.4, -0.2) is 34.3 Å². The molecule has 0 N–H and O–H groups in total. The molecule has 8 nitrogen and oxygen atoms in total. The summed E-state index contributed by atoms with van der Waals surface area (Å²) < 4.78 is 10.4. The fourth-order valence-electron chi connectivity index (χ4n) is 2.33. The van der Waals surface area contributed by atoms with Gasteiger partial charge < -0.3 is 9.47 Å². The minimum Gasteiger partial charge on any atom is -0.499 e. The molecule has 1 atom stereocenters. The molecule has 0 bridgehead atoms. The highest BCUT2D eigenvalue weighted by Crippen LogP contribution is 2.31. The molecule has 1 aliphatic rings. The molecule has 0 saturated carbocycles. The van der Waals surface area contributed by atoms with Crippen LogP contribution in [0, 0.1) is 10.1 Å². The predicted octanol–water partition coefficient (Wildman–Crippen LogP) is 2.70. The molecule has 1 amide bonds. The topological polar surface area (TPSA) is 99.0 Å². The second-order valence-corrected chi connectivity index (χ2v) is 5.74. The maximum atomic E-state index is 12.5. The van der Waals surface area contributed by atoms with Gasteiger partial charge in [0.1, 0.15) is 17.9 Å². The Labute approximate surface area is 149 Å². The lowest BCUT2D eigenvalue weighted by Crippen LogP contribution is -2.51. The van der Waals surface area contributed by atoms with Gasteiger partial charge in [-0.15, -0.1) is 0 Å². The van der Waals surface area contributed by atoms with Crippen LogP contribution in [0.4, 0.5) is 5.69 Å². The van der Waals surface area contributed by atoms with Crippen molar-refractivity contribution < 1.29 is 24.0 Å². The predicted molar refractivity (Wildman–Crippen MR) is 88.3 cm³/mol. The van der Waals surface area contributed by atoms with Crippen LogP contribution >= 0.6 is 11.6 Å². The van der Waals surface area contributed by atoms with Crippen LogP contribution in [0.1, 0.15) is 25.3 Å². The van der Waals surface area contributed by atoms with Crippen LogP contribution in [0.5, 0.6) is 0 Å². The van der Waals surface area contributed by atoms with E-state index in [0.29, 0.717) is 17.7 Å². The molecule has 1 unspecified atom stereocenters. The van der Waals surface area contributed by atoms with E-state index >= 15 is 0 Å². The first kappa shape index (κ1) is 18.7. The number of nitrogens with zero attached hydrogens (tertiary/aromatic N) is 2. The Bertz CT molecular complexity index is 710. The Hall–Kier alpha value is -2.61. The van der Waals surface area contributed by atoms with Crippen molar-refractivity contribution in [1.29, 1.82) is 0 Å². The molecule has 1 aliphatic heterocycles. The number of likely N-dealkylation sites (tertiary alicyclic amines) is 1. The fourth-order valence-corrected chi connectivity index (χ4v) is 2.67. The molecule has 0 radical (unpaired) electrons. The summed E-state index contributed by atoms with van der Waals surface area (Å²) in [5.74, 6) is -0.728. The molecule has 1 fully saturated rings. The van der Waals surface area contributed by atoms with Crippen LogP contribution in [-0.2, 0) is 25.7 Å². The minimum absolute atomic E-state index is 0.0110. The molecule has 1 saturated heterocycles. The highest BCUT2D eigenvalue weighted by Gasteiger charge is 2.42. The van der Waals surface area contributed by atoms with E-state index < -0.39 is 16.4 Å². The molecule has 2 rings (SSSR count). The molecule has 0 aromatic heterocycles. The highest BCUT2D eigenvalue weighted by atomic mass is 35.5. The number of carbonyl (C=O) groups is 2. The van der Waals surface area contributed by atoms with E-state index in [4.69, 9.17) is 21.1 Å². The molecular weight excluding hydrogens is 352 g/mol. The van der Waals surface area contributed by atoms with Gasteiger partial charge >= 0.3 is 5.97 Å². The number of benzene rings is 1. The van der Waals surface area contributed by atoms with Crippen molar-refractivity contribution in [3.05, 3.63) is 51.4 Å². The summed E-state index contributed by atoms with van der Waals surface area (Å²) in [5.41, 5.74) is -0.111. The second kappa shape index (κ2) is 7.98. The Kier molecular flexibility index (Phi) is 5.97. The van der Waals surface area contributed by atoms with Crippen molar-refractivity contribution in [3.8, 4) is 0 Å². The number of hydrogen-bond donors (Lipinski definition) is 0. The fraction of sp³-hybridized carbons (Fsp3) is 0.375. The molecule has 1 aromatic carbocycles. The Morgan fingerprint density at radius 3 is 2.48 bits per heavy atom. The van der Waals surface area contributed by atoms with Crippen LogP contribution in [0.15, 0.2) is 35.7 Å². The van der Waals surface area contributed by atoms with Gasteiger partial charge in [-0.2, -0.15) is 0 Å². The number of non-ortho nitro benzene ring substituents is 1. The average molecular weight is 369 g/mol. The molecule has 0 aliphatic carbocycles. The summed E-state index contributed by atoms with van der Waals surface area (Å²) in [5, 5.41) is 10.6. The molecule has 1 heterocycles. The molecule has 0 spiro atoms. The third kappa shape index (κ3) is 4.08. The first-order valence-electron chi connectivity index (χ1n) is 7.52. The smallest absolute Gasteiger partial charge is 0.358 e. The first-order valence-corrected chi connectivity index (χ1v) is 7.96. The largest absolute Gasteiger partial charge is 0.499 e. The summed E-state index contributed by atoms with van der Waals surface area (Å²) >= 11 is 6.01. The molecule has 25 heavy (non-hydrogen) atoms. The summed E-state index contributed by atoms with van der Waals surface area (Å²) in [6.45, 7) is 1.67. The van der Waals surface area contributed by atoms with Gasteiger partial charge in [-0.25, -0.2) is 4.79 Å². The summed E-state index contributed by atoms with van der Waals surface area (Å²) in [7, 11) is 1.40. The van der Waals surface area contributed by atoms with E-state index in [0.717, 1.165) is 4.90 Å². The van der Waals surface area contributed by atoms with Gasteiger partial charge in [0.05, 0.1) is 18.5 Å². The molecule has 1 aromatic rings. The summed E-state index contributed by atoms with van der Waals surface area (Å²) in [6, 6.07) is 5.62. The Morgan fingerprint density at radius 1 is 1.40 bits per heavy atom. The monoisotopic (exact) mass is 368 g/mol. The minimum atomic E-state index is -0.740. The number of rotatable bonds is 7. The lowest BCUT2D eigenvalue weighted by molar-refractivity contribution is -0.384. The zero-order valence-corrected chi connectivity index (χ0v) is 14.5. The van der Waals surface area contributed by atoms with Crippen molar-refractivity contribution in [2.24, 2.45) is 0 Å². The van der Waals surface area contributed by atoms with Gasteiger partial charge in [0.25, 0.3) is 5.69 Å². The van der Waals surface area contributed by atoms with E-state index in [-0.39, 0.29) is 30.3 Å². The van der Waals surface area contributed by atoms with E-state index in [1.807, 2.05) is 0 Å². The quantitative estimate of drug-likeness (QED) is 0.107. The highest BCUT2D eigenvalue weighted by molar-refractivity contribution is 6.25. The third-order valence-electron chi connectivity index (χ3n) is 3.67. The van der Waals surface area contributed by atoms with E-state index in [9.17, 15) is 19.7 Å². The second-order valence-electron chi connectivity index (χ2n) is 5.23. The van der Waals surface area contributed by atoms with E-state index in [2.05, 4.69) is 0 Å². The maximum Gasteiger partial charge on any atom is 0.358 e. The van der Waals surface area contributed by atoms with Gasteiger partial charge in [-0.05, 0) is 17.7 Å². The maximum absolute atomic E-state index is 12.5. The third-order valence-corrected chi connectivity index (χ3v) is 4.02.